The number of hydrogen-bond donors (Lipinski definition) is 1. The molecule has 0 aromatic carbocycles. The van der Waals surface area contributed by atoms with Gasteiger partial charge in [0.25, 0.3) is 0 Å². The maximum Gasteiger partial charge on any atom is 0.236 e. The quantitative estimate of drug-likeness (QED) is 0.294. The Balaban J connectivity index is 3.29. The van der Waals surface area contributed by atoms with Crippen molar-refractivity contribution in [3.8, 4) is 0 Å². The number of aliphatic imine (C=N–C) groups is 1. The highest BCUT2D eigenvalue weighted by molar-refractivity contribution is 7.80. The Morgan fingerprint density at radius 2 is 2.50 bits per heavy atom. The van der Waals surface area contributed by atoms with E-state index in [9.17, 15) is 4.79 Å². The zero-order valence-electron chi connectivity index (χ0n) is 3.38. The van der Waals surface area contributed by atoms with Crippen molar-refractivity contribution < 1.29 is 4.79 Å². The first-order chi connectivity index (χ1) is 2.77. The number of carbonyl (C=O) groups excluding carboxylic acids is 1. The molecule has 1 unspecified atom stereocenters. The molecule has 0 saturated heterocycles. The van der Waals surface area contributed by atoms with E-state index in [1.54, 1.807) is 6.92 Å². The molecule has 6 heavy (non-hydrogen) atoms. The first-order valence-electron chi connectivity index (χ1n) is 1.52. The number of nitrogens with zero attached hydrogens (tertiary/aromatic N) is 1. The van der Waals surface area contributed by atoms with Gasteiger partial charge in [-0.1, -0.05) is 0 Å². The molecule has 2 nitrogen and oxygen atoms in total. The highest BCUT2D eigenvalue weighted by atomic mass is 32.1. The van der Waals surface area contributed by atoms with Crippen molar-refractivity contribution in [2.75, 3.05) is 0 Å². The molecular formula is C3H5NOS. The molecule has 0 aliphatic carbocycles. The predicted octanol–water partition coefficient (Wildman–Crippen LogP) is 0.598. The smallest absolute Gasteiger partial charge is 0.211 e. The van der Waals surface area contributed by atoms with Crippen molar-refractivity contribution in [2.45, 2.75) is 12.3 Å². The van der Waals surface area contributed by atoms with Crippen LogP contribution in [-0.4, -0.2) is 11.5 Å². The molecule has 0 heterocycles. The molecule has 0 rings (SSSR count). The molecule has 0 bridgehead atoms. The lowest BCUT2D eigenvalue weighted by molar-refractivity contribution is 0.563. The van der Waals surface area contributed by atoms with Gasteiger partial charge in [-0.3, -0.25) is 0 Å². The van der Waals surface area contributed by atoms with Gasteiger partial charge in [0, 0.05) is 0 Å². The molecule has 0 spiro atoms. The van der Waals surface area contributed by atoms with Gasteiger partial charge in [-0.05, 0) is 6.92 Å². The maximum atomic E-state index is 9.27. The van der Waals surface area contributed by atoms with Gasteiger partial charge < -0.3 is 0 Å². The van der Waals surface area contributed by atoms with E-state index < -0.39 is 0 Å². The van der Waals surface area contributed by atoms with Gasteiger partial charge in [0.15, 0.2) is 0 Å². The molecule has 1 atom stereocenters. The molecule has 0 aliphatic heterocycles. The Hall–Kier alpha value is -0.270. The van der Waals surface area contributed by atoms with Crippen molar-refractivity contribution in [2.24, 2.45) is 4.99 Å². The summed E-state index contributed by atoms with van der Waals surface area (Å²) in [5.41, 5.74) is 0. The van der Waals surface area contributed by atoms with Crippen LogP contribution < -0.4 is 0 Å². The van der Waals surface area contributed by atoms with Gasteiger partial charge in [-0.2, -0.15) is 17.6 Å². The van der Waals surface area contributed by atoms with Crippen LogP contribution in [0.1, 0.15) is 6.92 Å². The van der Waals surface area contributed by atoms with Gasteiger partial charge in [0.2, 0.25) is 6.08 Å². The Morgan fingerprint density at radius 1 is 2.00 bits per heavy atom. The molecule has 0 aromatic rings. The fraction of sp³-hybridized carbons (Fsp3) is 0.667. The molecule has 0 amide bonds. The monoisotopic (exact) mass is 103 g/mol. The lowest BCUT2D eigenvalue weighted by atomic mass is 10.8. The number of rotatable bonds is 1. The van der Waals surface area contributed by atoms with Crippen LogP contribution in [0.5, 0.6) is 0 Å². The third kappa shape index (κ3) is 3.73. The van der Waals surface area contributed by atoms with Gasteiger partial charge in [0.05, 0.1) is 0 Å². The average molecular weight is 103 g/mol. The third-order valence-corrected chi connectivity index (χ3v) is 0.355. The SMILES string of the molecule is CC(S)N=C=O. The summed E-state index contributed by atoms with van der Waals surface area (Å²) in [6.07, 6.45) is 1.37. The molecular weight excluding hydrogens is 98.1 g/mol. The van der Waals surface area contributed by atoms with Crippen LogP contribution in [0.3, 0.4) is 0 Å². The minimum Gasteiger partial charge on any atom is -0.211 e. The lowest BCUT2D eigenvalue weighted by Gasteiger charge is -1.81. The molecule has 3 heteroatoms. The van der Waals surface area contributed by atoms with Crippen LogP contribution in [0, 0.1) is 0 Å². The van der Waals surface area contributed by atoms with Crippen molar-refractivity contribution in [3.63, 3.8) is 0 Å². The summed E-state index contributed by atoms with van der Waals surface area (Å²) in [4.78, 5) is 12.5. The number of thiol groups is 1. The van der Waals surface area contributed by atoms with Crippen LogP contribution in [0.2, 0.25) is 0 Å². The first kappa shape index (κ1) is 5.73. The molecule has 0 aliphatic rings. The van der Waals surface area contributed by atoms with Gasteiger partial charge in [0.1, 0.15) is 5.37 Å². The minimum atomic E-state index is -0.206. The van der Waals surface area contributed by atoms with Crippen molar-refractivity contribution in [3.05, 3.63) is 0 Å². The van der Waals surface area contributed by atoms with Gasteiger partial charge in [-0.25, -0.2) is 4.79 Å². The number of isocyanates is 1. The summed E-state index contributed by atoms with van der Waals surface area (Å²) in [6, 6.07) is 0. The Labute approximate surface area is 41.7 Å². The topological polar surface area (TPSA) is 29.4 Å². The fourth-order valence-corrected chi connectivity index (χ4v) is 0.123. The summed E-state index contributed by atoms with van der Waals surface area (Å²) in [7, 11) is 0. The molecule has 34 valence electrons. The van der Waals surface area contributed by atoms with E-state index in [0.717, 1.165) is 0 Å². The first-order valence-corrected chi connectivity index (χ1v) is 2.04. The van der Waals surface area contributed by atoms with E-state index >= 15 is 0 Å². The van der Waals surface area contributed by atoms with Crippen LogP contribution in [0.15, 0.2) is 4.99 Å². The Morgan fingerprint density at radius 3 is 2.50 bits per heavy atom. The van der Waals surface area contributed by atoms with Crippen molar-refractivity contribution in [1.29, 1.82) is 0 Å². The maximum absolute atomic E-state index is 9.27. The lowest BCUT2D eigenvalue weighted by Crippen LogP contribution is -1.78. The second kappa shape index (κ2) is 2.94. The summed E-state index contributed by atoms with van der Waals surface area (Å²) < 4.78 is 0. The highest BCUT2D eigenvalue weighted by Gasteiger charge is 1.79. The van der Waals surface area contributed by atoms with Crippen LogP contribution >= 0.6 is 12.6 Å². The van der Waals surface area contributed by atoms with E-state index in [-0.39, 0.29) is 5.37 Å². The second-order valence-electron chi connectivity index (χ2n) is 0.852. The van der Waals surface area contributed by atoms with E-state index in [4.69, 9.17) is 0 Å². The van der Waals surface area contributed by atoms with Gasteiger partial charge >= 0.3 is 0 Å². The van der Waals surface area contributed by atoms with Crippen LogP contribution in [0.4, 0.5) is 0 Å². The van der Waals surface area contributed by atoms with Crippen LogP contribution in [-0.2, 0) is 4.79 Å². The molecule has 0 aromatic heterocycles. The zero-order chi connectivity index (χ0) is 4.99. The summed E-state index contributed by atoms with van der Waals surface area (Å²) in [6.45, 7) is 1.69. The summed E-state index contributed by atoms with van der Waals surface area (Å²) >= 11 is 3.75. The van der Waals surface area contributed by atoms with Crippen molar-refractivity contribution in [1.82, 2.24) is 0 Å². The third-order valence-electron chi connectivity index (χ3n) is 0.240. The van der Waals surface area contributed by atoms with E-state index in [2.05, 4.69) is 17.6 Å². The Bertz CT molecular complexity index is 74.9. The average Bonchev–Trinajstić information content (AvgIpc) is 1.35. The predicted molar refractivity (Wildman–Crippen MR) is 26.6 cm³/mol. The largest absolute Gasteiger partial charge is 0.236 e. The normalized spacial score (nSPS) is 12.3. The second-order valence-corrected chi connectivity index (χ2v) is 1.60. The molecule has 0 radical (unpaired) electrons. The summed E-state index contributed by atoms with van der Waals surface area (Å²) in [5.74, 6) is 0. The van der Waals surface area contributed by atoms with E-state index in [0.29, 0.717) is 0 Å². The van der Waals surface area contributed by atoms with E-state index in [1.807, 2.05) is 0 Å². The minimum absolute atomic E-state index is 0.206. The Kier molecular flexibility index (Phi) is 2.81. The standard InChI is InChI=1S/C3H5NOS/c1-3(6)4-2-5/h3,6H,1H3. The van der Waals surface area contributed by atoms with Crippen molar-refractivity contribution >= 4 is 18.7 Å². The van der Waals surface area contributed by atoms with E-state index in [1.165, 1.54) is 6.08 Å². The highest BCUT2D eigenvalue weighted by Crippen LogP contribution is 1.88. The molecule has 0 N–H and O–H groups in total. The van der Waals surface area contributed by atoms with Crippen LogP contribution in [0.25, 0.3) is 0 Å². The molecule has 0 saturated carbocycles. The van der Waals surface area contributed by atoms with Gasteiger partial charge in [-0.15, -0.1) is 0 Å². The zero-order valence-corrected chi connectivity index (χ0v) is 4.27. The molecule has 0 fully saturated rings. The fourth-order valence-electron chi connectivity index (χ4n) is 0.0763. The number of hydrogen-bond acceptors (Lipinski definition) is 3. The summed E-state index contributed by atoms with van der Waals surface area (Å²) in [5, 5.41) is -0.206.